The zero-order valence-electron chi connectivity index (χ0n) is 6.84. The lowest BCUT2D eigenvalue weighted by Crippen LogP contribution is -2.17. The fourth-order valence-electron chi connectivity index (χ4n) is 0.899. The SMILES string of the molecule is CCC(N)CCCCCS. The van der Waals surface area contributed by atoms with Crippen molar-refractivity contribution in [3.63, 3.8) is 0 Å². The fourth-order valence-corrected chi connectivity index (χ4v) is 1.12. The molecule has 0 aliphatic heterocycles. The van der Waals surface area contributed by atoms with Gasteiger partial charge in [0, 0.05) is 6.04 Å². The summed E-state index contributed by atoms with van der Waals surface area (Å²) in [5.41, 5.74) is 5.74. The van der Waals surface area contributed by atoms with E-state index in [1.54, 1.807) is 0 Å². The summed E-state index contributed by atoms with van der Waals surface area (Å²) in [5.74, 6) is 1.02. The first kappa shape index (κ1) is 10.3. The van der Waals surface area contributed by atoms with Gasteiger partial charge in [-0.2, -0.15) is 12.6 Å². The number of hydrogen-bond acceptors (Lipinski definition) is 2. The highest BCUT2D eigenvalue weighted by molar-refractivity contribution is 7.80. The van der Waals surface area contributed by atoms with Crippen LogP contribution in [0.15, 0.2) is 0 Å². The summed E-state index contributed by atoms with van der Waals surface area (Å²) in [4.78, 5) is 0. The Balaban J connectivity index is 2.89. The number of hydrogen-bond donors (Lipinski definition) is 2. The summed E-state index contributed by atoms with van der Waals surface area (Å²) >= 11 is 4.14. The Morgan fingerprint density at radius 3 is 2.50 bits per heavy atom. The molecule has 1 unspecified atom stereocenters. The lowest BCUT2D eigenvalue weighted by molar-refractivity contribution is 0.549. The summed E-state index contributed by atoms with van der Waals surface area (Å²) in [6, 6.07) is 0.430. The molecule has 0 aromatic carbocycles. The van der Waals surface area contributed by atoms with E-state index in [1.807, 2.05) is 0 Å². The summed E-state index contributed by atoms with van der Waals surface area (Å²) in [6.45, 7) is 2.14. The first-order valence-electron chi connectivity index (χ1n) is 4.17. The molecule has 0 aromatic heterocycles. The minimum Gasteiger partial charge on any atom is -0.328 e. The van der Waals surface area contributed by atoms with E-state index in [2.05, 4.69) is 19.6 Å². The van der Waals surface area contributed by atoms with Gasteiger partial charge in [-0.3, -0.25) is 0 Å². The predicted octanol–water partition coefficient (Wildman–Crippen LogP) is 2.21. The monoisotopic (exact) mass is 161 g/mol. The highest BCUT2D eigenvalue weighted by atomic mass is 32.1. The molecule has 0 amide bonds. The van der Waals surface area contributed by atoms with E-state index in [0.29, 0.717) is 6.04 Å². The molecule has 0 heterocycles. The molecule has 1 atom stereocenters. The molecule has 2 heteroatoms. The van der Waals surface area contributed by atoms with Crippen molar-refractivity contribution < 1.29 is 0 Å². The second kappa shape index (κ2) is 7.42. The average molecular weight is 161 g/mol. The normalized spacial score (nSPS) is 13.5. The van der Waals surface area contributed by atoms with Crippen molar-refractivity contribution in [2.24, 2.45) is 5.73 Å². The molecule has 0 rings (SSSR count). The molecule has 0 spiro atoms. The van der Waals surface area contributed by atoms with E-state index in [0.717, 1.165) is 12.2 Å². The summed E-state index contributed by atoms with van der Waals surface area (Å²) in [6.07, 6.45) is 6.09. The van der Waals surface area contributed by atoms with Crippen LogP contribution >= 0.6 is 12.6 Å². The van der Waals surface area contributed by atoms with Crippen LogP contribution in [-0.2, 0) is 0 Å². The van der Waals surface area contributed by atoms with E-state index in [-0.39, 0.29) is 0 Å². The molecule has 0 saturated carbocycles. The maximum atomic E-state index is 5.74. The van der Waals surface area contributed by atoms with Gasteiger partial charge < -0.3 is 5.73 Å². The van der Waals surface area contributed by atoms with Gasteiger partial charge in [-0.25, -0.2) is 0 Å². The zero-order valence-corrected chi connectivity index (χ0v) is 7.74. The third kappa shape index (κ3) is 6.43. The maximum Gasteiger partial charge on any atom is 0.00362 e. The third-order valence-corrected chi connectivity index (χ3v) is 2.07. The number of nitrogens with two attached hydrogens (primary N) is 1. The third-order valence-electron chi connectivity index (χ3n) is 1.76. The van der Waals surface area contributed by atoms with Gasteiger partial charge in [0.05, 0.1) is 0 Å². The molecule has 1 nitrogen and oxygen atoms in total. The second-order valence-corrected chi connectivity index (χ2v) is 3.19. The van der Waals surface area contributed by atoms with Gasteiger partial charge in [0.15, 0.2) is 0 Å². The van der Waals surface area contributed by atoms with Crippen molar-refractivity contribution in [3.05, 3.63) is 0 Å². The highest BCUT2D eigenvalue weighted by Crippen LogP contribution is 2.04. The minimum atomic E-state index is 0.430. The standard InChI is InChI=1S/C8H19NS/c1-2-8(9)6-4-3-5-7-10/h8,10H,2-7,9H2,1H3. The highest BCUT2D eigenvalue weighted by Gasteiger charge is 1.96. The van der Waals surface area contributed by atoms with Gasteiger partial charge in [-0.15, -0.1) is 0 Å². The van der Waals surface area contributed by atoms with Gasteiger partial charge in [0.1, 0.15) is 0 Å². The van der Waals surface area contributed by atoms with E-state index in [9.17, 15) is 0 Å². The van der Waals surface area contributed by atoms with Crippen LogP contribution in [0.2, 0.25) is 0 Å². The summed E-state index contributed by atoms with van der Waals surface area (Å²) in [7, 11) is 0. The Morgan fingerprint density at radius 1 is 1.30 bits per heavy atom. The maximum absolute atomic E-state index is 5.74. The molecule has 2 N–H and O–H groups in total. The molecular formula is C8H19NS. The first-order valence-corrected chi connectivity index (χ1v) is 4.81. The molecule has 62 valence electrons. The molecule has 0 bridgehead atoms. The molecule has 10 heavy (non-hydrogen) atoms. The van der Waals surface area contributed by atoms with Gasteiger partial charge in [0.25, 0.3) is 0 Å². The quantitative estimate of drug-likeness (QED) is 0.453. The van der Waals surface area contributed by atoms with Crippen molar-refractivity contribution in [1.29, 1.82) is 0 Å². The smallest absolute Gasteiger partial charge is 0.00362 e. The van der Waals surface area contributed by atoms with Crippen LogP contribution in [0.1, 0.15) is 39.0 Å². The van der Waals surface area contributed by atoms with Crippen LogP contribution in [0.25, 0.3) is 0 Å². The van der Waals surface area contributed by atoms with Crippen molar-refractivity contribution in [2.75, 3.05) is 5.75 Å². The van der Waals surface area contributed by atoms with Crippen molar-refractivity contribution in [3.8, 4) is 0 Å². The molecule has 0 aliphatic rings. The topological polar surface area (TPSA) is 26.0 Å². The Morgan fingerprint density at radius 2 is 2.00 bits per heavy atom. The number of rotatable bonds is 6. The van der Waals surface area contributed by atoms with E-state index >= 15 is 0 Å². The number of unbranched alkanes of at least 4 members (excludes halogenated alkanes) is 2. The van der Waals surface area contributed by atoms with Gasteiger partial charge in [-0.1, -0.05) is 19.8 Å². The molecule has 0 radical (unpaired) electrons. The van der Waals surface area contributed by atoms with E-state index in [1.165, 1.54) is 25.7 Å². The lowest BCUT2D eigenvalue weighted by atomic mass is 10.1. The fraction of sp³-hybridized carbons (Fsp3) is 1.00. The second-order valence-electron chi connectivity index (χ2n) is 2.74. The average Bonchev–Trinajstić information content (AvgIpc) is 1.98. The van der Waals surface area contributed by atoms with Crippen LogP contribution in [0, 0.1) is 0 Å². The van der Waals surface area contributed by atoms with E-state index in [4.69, 9.17) is 5.73 Å². The van der Waals surface area contributed by atoms with Crippen LogP contribution in [0.5, 0.6) is 0 Å². The van der Waals surface area contributed by atoms with Crippen molar-refractivity contribution >= 4 is 12.6 Å². The Bertz CT molecular complexity index is 66.3. The largest absolute Gasteiger partial charge is 0.328 e. The van der Waals surface area contributed by atoms with Crippen molar-refractivity contribution in [2.45, 2.75) is 45.1 Å². The summed E-state index contributed by atoms with van der Waals surface area (Å²) < 4.78 is 0. The number of thiol groups is 1. The van der Waals surface area contributed by atoms with Crippen LogP contribution < -0.4 is 5.73 Å². The molecule has 0 fully saturated rings. The van der Waals surface area contributed by atoms with Gasteiger partial charge in [0.2, 0.25) is 0 Å². The van der Waals surface area contributed by atoms with Gasteiger partial charge in [-0.05, 0) is 25.0 Å². The van der Waals surface area contributed by atoms with Crippen LogP contribution in [-0.4, -0.2) is 11.8 Å². The first-order chi connectivity index (χ1) is 4.81. The van der Waals surface area contributed by atoms with Crippen LogP contribution in [0.4, 0.5) is 0 Å². The lowest BCUT2D eigenvalue weighted by Gasteiger charge is -2.06. The molecule has 0 aliphatic carbocycles. The van der Waals surface area contributed by atoms with Gasteiger partial charge >= 0.3 is 0 Å². The summed E-state index contributed by atoms with van der Waals surface area (Å²) in [5, 5.41) is 0. The predicted molar refractivity (Wildman–Crippen MR) is 50.6 cm³/mol. The molecular weight excluding hydrogens is 142 g/mol. The van der Waals surface area contributed by atoms with Crippen LogP contribution in [0.3, 0.4) is 0 Å². The Kier molecular flexibility index (Phi) is 7.65. The van der Waals surface area contributed by atoms with Crippen molar-refractivity contribution in [1.82, 2.24) is 0 Å². The Hall–Kier alpha value is 0.310. The minimum absolute atomic E-state index is 0.430. The molecule has 0 saturated heterocycles. The molecule has 0 aromatic rings. The van der Waals surface area contributed by atoms with E-state index < -0.39 is 0 Å². The zero-order chi connectivity index (χ0) is 7.82. The Labute approximate surface area is 69.8 Å².